The quantitative estimate of drug-likeness (QED) is 0.239. The summed E-state index contributed by atoms with van der Waals surface area (Å²) in [5.41, 5.74) is 3.10. The number of hydrogen-bond acceptors (Lipinski definition) is 5. The van der Waals surface area contributed by atoms with Crippen LogP contribution in [0.5, 0.6) is 0 Å². The van der Waals surface area contributed by atoms with Gasteiger partial charge in [-0.3, -0.25) is 9.59 Å². The maximum Gasteiger partial charge on any atom is 0.218 e. The van der Waals surface area contributed by atoms with Gasteiger partial charge >= 0.3 is 0 Å². The maximum absolute atomic E-state index is 14.2. The predicted octanol–water partition coefficient (Wildman–Crippen LogP) is 6.06. The fourth-order valence-corrected chi connectivity index (χ4v) is 4.58. The molecule has 0 N–H and O–H groups in total. The van der Waals surface area contributed by atoms with Crippen LogP contribution in [0.15, 0.2) is 128 Å². The molecule has 0 spiro atoms. The second-order valence-electron chi connectivity index (χ2n) is 8.99. The lowest BCUT2D eigenvalue weighted by Gasteiger charge is -2.07. The van der Waals surface area contributed by atoms with Crippen molar-refractivity contribution >= 4 is 11.6 Å². The lowest BCUT2D eigenvalue weighted by atomic mass is 9.99. The topological polar surface area (TPSA) is 93.6 Å². The smallest absolute Gasteiger partial charge is 0.218 e. The van der Waals surface area contributed by atoms with Gasteiger partial charge in [0.2, 0.25) is 11.6 Å². The summed E-state index contributed by atoms with van der Waals surface area (Å²) in [7, 11) is 0. The molecule has 190 valence electrons. The van der Waals surface area contributed by atoms with Crippen LogP contribution in [0.4, 0.5) is 0 Å². The molecule has 0 saturated heterocycles. The number of benzene rings is 4. The number of para-hydroxylation sites is 2. The molecular formula is C33H21N5O2. The van der Waals surface area contributed by atoms with Crippen LogP contribution in [-0.2, 0) is 0 Å². The number of ketones is 2. The van der Waals surface area contributed by atoms with E-state index in [0.717, 1.165) is 5.56 Å². The Morgan fingerprint density at radius 3 is 1.77 bits per heavy atom. The van der Waals surface area contributed by atoms with Gasteiger partial charge in [0.05, 0.1) is 22.6 Å². The first-order valence-electron chi connectivity index (χ1n) is 12.6. The van der Waals surface area contributed by atoms with Crippen molar-refractivity contribution in [3.05, 3.63) is 156 Å². The number of carbonyl (C=O) groups excluding carboxylic acids is 2. The van der Waals surface area contributed by atoms with Gasteiger partial charge in [-0.15, -0.1) is 0 Å². The highest BCUT2D eigenvalue weighted by Gasteiger charge is 2.31. The molecule has 0 aliphatic carbocycles. The number of nitrogens with zero attached hydrogens (tertiary/aromatic N) is 5. The van der Waals surface area contributed by atoms with Gasteiger partial charge in [-0.1, -0.05) is 97.1 Å². The number of rotatable bonds is 7. The predicted molar refractivity (Wildman–Crippen MR) is 151 cm³/mol. The van der Waals surface area contributed by atoms with Crippen LogP contribution in [0.2, 0.25) is 0 Å². The fraction of sp³-hybridized carbons (Fsp3) is 0. The Morgan fingerprint density at radius 1 is 0.625 bits per heavy atom. The third kappa shape index (κ3) is 4.40. The number of nitriles is 1. The molecule has 7 heteroatoms. The van der Waals surface area contributed by atoms with Crippen LogP contribution in [0.1, 0.15) is 37.7 Å². The van der Waals surface area contributed by atoms with E-state index in [1.807, 2.05) is 97.1 Å². The van der Waals surface area contributed by atoms with Crippen molar-refractivity contribution < 1.29 is 9.59 Å². The Balaban J connectivity index is 1.56. The van der Waals surface area contributed by atoms with Gasteiger partial charge in [-0.05, 0) is 24.3 Å². The van der Waals surface area contributed by atoms with Gasteiger partial charge < -0.3 is 0 Å². The van der Waals surface area contributed by atoms with E-state index in [0.29, 0.717) is 22.6 Å². The Kier molecular flexibility index (Phi) is 6.41. The van der Waals surface area contributed by atoms with Gasteiger partial charge in [-0.2, -0.15) is 15.5 Å². The summed E-state index contributed by atoms with van der Waals surface area (Å²) < 4.78 is 3.10. The van der Waals surface area contributed by atoms with Crippen molar-refractivity contribution in [2.45, 2.75) is 0 Å². The van der Waals surface area contributed by atoms with Crippen LogP contribution in [0.3, 0.4) is 0 Å². The Labute approximate surface area is 230 Å². The molecule has 4 aromatic carbocycles. The standard InChI is InChI=1S/C33H21N5O2/c34-21-27-29(36-38(26-19-11-4-12-20-26)31(27)23-13-5-1-6-14-23)33(40)28-22-37(25-17-9-3-10-18-25)35-30(28)32(39)24-15-7-2-8-16-24/h1-20,22H. The van der Waals surface area contributed by atoms with E-state index in [9.17, 15) is 14.9 Å². The highest BCUT2D eigenvalue weighted by molar-refractivity contribution is 6.19. The van der Waals surface area contributed by atoms with E-state index in [2.05, 4.69) is 16.3 Å². The highest BCUT2D eigenvalue weighted by atomic mass is 16.1. The summed E-state index contributed by atoms with van der Waals surface area (Å²) >= 11 is 0. The largest absolute Gasteiger partial charge is 0.287 e. The third-order valence-electron chi connectivity index (χ3n) is 6.49. The highest BCUT2D eigenvalue weighted by Crippen LogP contribution is 2.31. The van der Waals surface area contributed by atoms with E-state index in [-0.39, 0.29) is 22.5 Å². The van der Waals surface area contributed by atoms with Crippen LogP contribution < -0.4 is 0 Å². The van der Waals surface area contributed by atoms with E-state index in [1.165, 1.54) is 10.9 Å². The second-order valence-corrected chi connectivity index (χ2v) is 8.99. The zero-order valence-electron chi connectivity index (χ0n) is 21.2. The molecule has 0 aliphatic heterocycles. The molecule has 6 rings (SSSR count). The normalized spacial score (nSPS) is 10.7. The van der Waals surface area contributed by atoms with Crippen LogP contribution in [-0.4, -0.2) is 31.1 Å². The molecule has 0 saturated carbocycles. The van der Waals surface area contributed by atoms with E-state index in [1.54, 1.807) is 28.9 Å². The minimum absolute atomic E-state index is 0.0144. The number of aromatic nitrogens is 4. The summed E-state index contributed by atoms with van der Waals surface area (Å²) in [6.45, 7) is 0. The first kappa shape index (κ1) is 24.5. The van der Waals surface area contributed by atoms with Gasteiger partial charge in [0.15, 0.2) is 5.69 Å². The van der Waals surface area contributed by atoms with Crippen molar-refractivity contribution in [1.29, 1.82) is 5.26 Å². The SMILES string of the molecule is N#Cc1c(C(=O)c2cn(-c3ccccc3)nc2C(=O)c2ccccc2)nn(-c2ccccc2)c1-c1ccccc1. The molecule has 0 amide bonds. The lowest BCUT2D eigenvalue weighted by Crippen LogP contribution is -2.12. The summed E-state index contributed by atoms with van der Waals surface area (Å²) in [5.74, 6) is -0.965. The molecule has 0 bridgehead atoms. The van der Waals surface area contributed by atoms with E-state index >= 15 is 0 Å². The second kappa shape index (κ2) is 10.5. The van der Waals surface area contributed by atoms with Crippen molar-refractivity contribution in [3.63, 3.8) is 0 Å². The molecule has 6 aromatic rings. The van der Waals surface area contributed by atoms with Gasteiger partial charge in [-0.25, -0.2) is 9.36 Å². The number of carbonyl (C=O) groups is 2. The summed E-state index contributed by atoms with van der Waals surface area (Å²) in [5, 5.41) is 19.5. The molecule has 0 atom stereocenters. The molecule has 0 aliphatic rings. The van der Waals surface area contributed by atoms with Crippen LogP contribution >= 0.6 is 0 Å². The fourth-order valence-electron chi connectivity index (χ4n) is 4.58. The lowest BCUT2D eigenvalue weighted by molar-refractivity contribution is 0.0998. The van der Waals surface area contributed by atoms with Crippen molar-refractivity contribution in [1.82, 2.24) is 19.6 Å². The Hall–Kier alpha value is -5.87. The van der Waals surface area contributed by atoms with Gasteiger partial charge in [0.25, 0.3) is 0 Å². The first-order valence-corrected chi connectivity index (χ1v) is 12.6. The summed E-state index contributed by atoms with van der Waals surface area (Å²) in [6, 6.07) is 38.7. The summed E-state index contributed by atoms with van der Waals surface area (Å²) in [6.07, 6.45) is 1.53. The maximum atomic E-state index is 14.2. The first-order chi connectivity index (χ1) is 19.7. The van der Waals surface area contributed by atoms with Crippen molar-refractivity contribution in [2.24, 2.45) is 0 Å². The monoisotopic (exact) mass is 519 g/mol. The van der Waals surface area contributed by atoms with Gasteiger partial charge in [0, 0.05) is 17.3 Å². The molecular weight excluding hydrogens is 498 g/mol. The number of hydrogen-bond donors (Lipinski definition) is 0. The molecule has 2 heterocycles. The molecule has 0 unspecified atom stereocenters. The van der Waals surface area contributed by atoms with Crippen molar-refractivity contribution in [3.8, 4) is 28.7 Å². The van der Waals surface area contributed by atoms with E-state index in [4.69, 9.17) is 0 Å². The molecule has 0 radical (unpaired) electrons. The summed E-state index contributed by atoms with van der Waals surface area (Å²) in [4.78, 5) is 27.8. The Bertz CT molecular complexity index is 1870. The third-order valence-corrected chi connectivity index (χ3v) is 6.49. The molecule has 7 nitrogen and oxygen atoms in total. The zero-order chi connectivity index (χ0) is 27.5. The molecule has 0 fully saturated rings. The van der Waals surface area contributed by atoms with Gasteiger partial charge in [0.1, 0.15) is 17.3 Å². The average Bonchev–Trinajstić information content (AvgIpc) is 3.65. The minimum atomic E-state index is -0.565. The van der Waals surface area contributed by atoms with E-state index < -0.39 is 11.6 Å². The minimum Gasteiger partial charge on any atom is -0.287 e. The van der Waals surface area contributed by atoms with Crippen LogP contribution in [0.25, 0.3) is 22.6 Å². The Morgan fingerprint density at radius 2 is 1.18 bits per heavy atom. The van der Waals surface area contributed by atoms with Crippen LogP contribution in [0, 0.1) is 11.3 Å². The van der Waals surface area contributed by atoms with Crippen molar-refractivity contribution in [2.75, 3.05) is 0 Å². The average molecular weight is 520 g/mol. The molecule has 2 aromatic heterocycles. The molecule has 40 heavy (non-hydrogen) atoms. The zero-order valence-corrected chi connectivity index (χ0v) is 21.2.